The fraction of sp³-hybridized carbons (Fsp3) is 0.700. The molecule has 0 bridgehead atoms. The number of alkyl halides is 3. The molecular formula is C20H29F3N2O. The van der Waals surface area contributed by atoms with Gasteiger partial charge in [0.15, 0.2) is 0 Å². The summed E-state index contributed by atoms with van der Waals surface area (Å²) >= 11 is 0. The summed E-state index contributed by atoms with van der Waals surface area (Å²) in [5, 5.41) is 11.6. The van der Waals surface area contributed by atoms with Crippen molar-refractivity contribution in [3.05, 3.63) is 35.4 Å². The molecule has 3 nitrogen and oxygen atoms in total. The van der Waals surface area contributed by atoms with Gasteiger partial charge in [-0.25, -0.2) is 0 Å². The van der Waals surface area contributed by atoms with E-state index in [4.69, 9.17) is 0 Å². The van der Waals surface area contributed by atoms with E-state index in [1.165, 1.54) is 6.07 Å². The fourth-order valence-electron chi connectivity index (χ4n) is 4.33. The highest BCUT2D eigenvalue weighted by molar-refractivity contribution is 5.31. The van der Waals surface area contributed by atoms with Gasteiger partial charge in [0.2, 0.25) is 0 Å². The monoisotopic (exact) mass is 370 g/mol. The smallest absolute Gasteiger partial charge is 0.385 e. The lowest BCUT2D eigenvalue weighted by Crippen LogP contribution is -2.49. The zero-order chi connectivity index (χ0) is 18.8. The molecule has 0 radical (unpaired) electrons. The van der Waals surface area contributed by atoms with Crippen molar-refractivity contribution in [2.24, 2.45) is 5.92 Å². The molecule has 146 valence electrons. The van der Waals surface area contributed by atoms with Crippen molar-refractivity contribution in [2.75, 3.05) is 39.8 Å². The van der Waals surface area contributed by atoms with Crippen LogP contribution in [0.4, 0.5) is 13.2 Å². The maximum Gasteiger partial charge on any atom is 0.416 e. The summed E-state index contributed by atoms with van der Waals surface area (Å²) in [6.45, 7) is 4.64. The van der Waals surface area contributed by atoms with E-state index >= 15 is 0 Å². The van der Waals surface area contributed by atoms with E-state index in [9.17, 15) is 18.3 Å². The average Bonchev–Trinajstić information content (AvgIpc) is 2.79. The van der Waals surface area contributed by atoms with Crippen molar-refractivity contribution in [1.29, 1.82) is 0 Å². The van der Waals surface area contributed by atoms with Gasteiger partial charge in [0.05, 0.1) is 11.2 Å². The van der Waals surface area contributed by atoms with Crippen LogP contribution in [0.2, 0.25) is 0 Å². The Morgan fingerprint density at radius 1 is 1.12 bits per heavy atom. The van der Waals surface area contributed by atoms with Gasteiger partial charge in [-0.05, 0) is 37.6 Å². The van der Waals surface area contributed by atoms with E-state index in [0.29, 0.717) is 12.0 Å². The first kappa shape index (κ1) is 19.6. The molecule has 6 heteroatoms. The highest BCUT2D eigenvalue weighted by atomic mass is 19.4. The van der Waals surface area contributed by atoms with E-state index in [2.05, 4.69) is 16.8 Å². The maximum atomic E-state index is 13.2. The van der Waals surface area contributed by atoms with Gasteiger partial charge in [-0.2, -0.15) is 13.2 Å². The van der Waals surface area contributed by atoms with Gasteiger partial charge in [-0.1, -0.05) is 31.4 Å². The third kappa shape index (κ3) is 4.41. The van der Waals surface area contributed by atoms with Crippen LogP contribution in [0.25, 0.3) is 0 Å². The lowest BCUT2D eigenvalue weighted by Gasteiger charge is -2.41. The normalized spacial score (nSPS) is 29.5. The minimum absolute atomic E-state index is 0.0307. The van der Waals surface area contributed by atoms with Crippen LogP contribution in [0.5, 0.6) is 0 Å². The van der Waals surface area contributed by atoms with Crippen LogP contribution in [0.1, 0.15) is 43.2 Å². The molecule has 1 aromatic carbocycles. The van der Waals surface area contributed by atoms with Crippen LogP contribution < -0.4 is 0 Å². The molecule has 1 saturated carbocycles. The first-order valence-corrected chi connectivity index (χ1v) is 9.60. The highest BCUT2D eigenvalue weighted by Gasteiger charge is 2.41. The summed E-state index contributed by atoms with van der Waals surface area (Å²) < 4.78 is 39.5. The molecule has 3 rings (SSSR count). The first-order valence-electron chi connectivity index (χ1n) is 9.60. The van der Waals surface area contributed by atoms with Gasteiger partial charge in [-0.15, -0.1) is 0 Å². The zero-order valence-corrected chi connectivity index (χ0v) is 15.4. The van der Waals surface area contributed by atoms with Gasteiger partial charge >= 0.3 is 6.18 Å². The Labute approximate surface area is 153 Å². The summed E-state index contributed by atoms with van der Waals surface area (Å²) in [7, 11) is 2.10. The van der Waals surface area contributed by atoms with Crippen LogP contribution in [0.15, 0.2) is 24.3 Å². The molecule has 1 aliphatic heterocycles. The maximum absolute atomic E-state index is 13.2. The lowest BCUT2D eigenvalue weighted by molar-refractivity contribution is -0.137. The van der Waals surface area contributed by atoms with Gasteiger partial charge in [0.25, 0.3) is 0 Å². The number of hydrogen-bond acceptors (Lipinski definition) is 3. The zero-order valence-electron chi connectivity index (χ0n) is 15.4. The number of nitrogens with zero attached hydrogens (tertiary/aromatic N) is 2. The Bertz CT molecular complexity index is 599. The Hall–Kier alpha value is -1.11. The topological polar surface area (TPSA) is 26.7 Å². The molecule has 0 amide bonds. The molecule has 2 unspecified atom stereocenters. The summed E-state index contributed by atoms with van der Waals surface area (Å²) in [5.74, 6) is -0.0307. The minimum atomic E-state index is -4.38. The number of aliphatic hydroxyl groups is 1. The number of piperazine rings is 1. The van der Waals surface area contributed by atoms with Crippen molar-refractivity contribution in [3.63, 3.8) is 0 Å². The second kappa shape index (κ2) is 7.87. The summed E-state index contributed by atoms with van der Waals surface area (Å²) in [4.78, 5) is 4.64. The SMILES string of the molecule is CN1CCN(CC2CCCCCC2(O)c2cccc(C(F)(F)F)c2)CC1. The van der Waals surface area contributed by atoms with Crippen molar-refractivity contribution >= 4 is 0 Å². The van der Waals surface area contributed by atoms with Crippen LogP contribution in [-0.2, 0) is 11.8 Å². The van der Waals surface area contributed by atoms with Crippen LogP contribution >= 0.6 is 0 Å². The van der Waals surface area contributed by atoms with E-state index in [0.717, 1.165) is 70.5 Å². The quantitative estimate of drug-likeness (QED) is 0.822. The van der Waals surface area contributed by atoms with Gasteiger partial charge in [0, 0.05) is 38.6 Å². The number of benzene rings is 1. The highest BCUT2D eigenvalue weighted by Crippen LogP contribution is 2.42. The molecule has 2 atom stereocenters. The third-order valence-electron chi connectivity index (χ3n) is 6.05. The molecule has 1 saturated heterocycles. The molecule has 2 fully saturated rings. The van der Waals surface area contributed by atoms with Crippen LogP contribution in [0.3, 0.4) is 0 Å². The molecule has 2 aliphatic rings. The molecular weight excluding hydrogens is 341 g/mol. The van der Waals surface area contributed by atoms with Crippen LogP contribution in [0, 0.1) is 5.92 Å². The Balaban J connectivity index is 1.85. The molecule has 0 spiro atoms. The first-order chi connectivity index (χ1) is 12.3. The summed E-state index contributed by atoms with van der Waals surface area (Å²) in [6.07, 6.45) is -0.0813. The Kier molecular flexibility index (Phi) is 5.94. The lowest BCUT2D eigenvalue weighted by atomic mass is 9.77. The van der Waals surface area contributed by atoms with E-state index < -0.39 is 17.3 Å². The predicted molar refractivity (Wildman–Crippen MR) is 95.9 cm³/mol. The standard InChI is InChI=1S/C20H29F3N2O/c1-24-10-12-25(13-11-24)15-18-6-3-2-4-9-19(18,26)16-7-5-8-17(14-16)20(21,22)23/h5,7-8,14,18,26H,2-4,6,9-13,15H2,1H3. The summed E-state index contributed by atoms with van der Waals surface area (Å²) in [6, 6.07) is 5.33. The van der Waals surface area contributed by atoms with Crippen molar-refractivity contribution in [2.45, 2.75) is 43.9 Å². The van der Waals surface area contributed by atoms with Gasteiger partial charge in [0.1, 0.15) is 0 Å². The second-order valence-electron chi connectivity index (χ2n) is 7.90. The minimum Gasteiger partial charge on any atom is -0.385 e. The molecule has 1 aliphatic carbocycles. The summed E-state index contributed by atoms with van der Waals surface area (Å²) in [5.41, 5.74) is -1.43. The molecule has 1 heterocycles. The van der Waals surface area contributed by atoms with E-state index in [1.54, 1.807) is 6.07 Å². The Morgan fingerprint density at radius 2 is 1.85 bits per heavy atom. The largest absolute Gasteiger partial charge is 0.416 e. The van der Waals surface area contributed by atoms with Crippen molar-refractivity contribution in [3.8, 4) is 0 Å². The van der Waals surface area contributed by atoms with Gasteiger partial charge < -0.3 is 14.9 Å². The molecule has 0 aromatic heterocycles. The number of halogens is 3. The van der Waals surface area contributed by atoms with Gasteiger partial charge in [-0.3, -0.25) is 0 Å². The predicted octanol–water partition coefficient (Wildman–Crippen LogP) is 3.72. The molecule has 1 aromatic rings. The number of likely N-dealkylation sites (N-methyl/N-ethyl adjacent to an activating group) is 1. The fourth-order valence-corrected chi connectivity index (χ4v) is 4.33. The average molecular weight is 370 g/mol. The number of hydrogen-bond donors (Lipinski definition) is 1. The molecule has 1 N–H and O–H groups in total. The van der Waals surface area contributed by atoms with Crippen molar-refractivity contribution < 1.29 is 18.3 Å². The van der Waals surface area contributed by atoms with Crippen LogP contribution in [-0.4, -0.2) is 54.7 Å². The Morgan fingerprint density at radius 3 is 2.54 bits per heavy atom. The van der Waals surface area contributed by atoms with Crippen molar-refractivity contribution in [1.82, 2.24) is 9.80 Å². The third-order valence-corrected chi connectivity index (χ3v) is 6.05. The van der Waals surface area contributed by atoms with E-state index in [-0.39, 0.29) is 5.92 Å². The molecule has 26 heavy (non-hydrogen) atoms. The second-order valence-corrected chi connectivity index (χ2v) is 7.90. The van der Waals surface area contributed by atoms with E-state index in [1.807, 2.05) is 0 Å². The number of rotatable bonds is 3.